The molecule has 0 radical (unpaired) electrons. The Labute approximate surface area is 197 Å². The van der Waals surface area contributed by atoms with Crippen LogP contribution in [-0.2, 0) is 32.0 Å². The summed E-state index contributed by atoms with van der Waals surface area (Å²) in [4.78, 5) is 48.9. The molecule has 0 aliphatic rings. The van der Waals surface area contributed by atoms with E-state index in [1.165, 1.54) is 6.92 Å². The summed E-state index contributed by atoms with van der Waals surface area (Å²) in [5.41, 5.74) is 7.46. The fourth-order valence-corrected chi connectivity index (χ4v) is 3.16. The second kappa shape index (κ2) is 13.1. The molecule has 4 unspecified atom stereocenters. The summed E-state index contributed by atoms with van der Waals surface area (Å²) < 4.78 is 0. The van der Waals surface area contributed by atoms with Crippen molar-refractivity contribution in [3.63, 3.8) is 0 Å². The third-order valence-electron chi connectivity index (χ3n) is 5.10. The maximum absolute atomic E-state index is 12.5. The van der Waals surface area contributed by atoms with E-state index in [9.17, 15) is 29.4 Å². The van der Waals surface area contributed by atoms with Gasteiger partial charge in [-0.3, -0.25) is 14.4 Å². The number of hydrogen-bond acceptors (Lipinski definition) is 6. The quantitative estimate of drug-likeness (QED) is 0.239. The fourth-order valence-electron chi connectivity index (χ4n) is 3.16. The van der Waals surface area contributed by atoms with Crippen LogP contribution in [0.25, 0.3) is 0 Å². The number of amides is 3. The van der Waals surface area contributed by atoms with Gasteiger partial charge in [0.1, 0.15) is 18.1 Å². The van der Waals surface area contributed by atoms with E-state index >= 15 is 0 Å². The average Bonchev–Trinajstić information content (AvgIpc) is 2.82. The standard InChI is InChI=1S/C24H30N4O6/c1-15(21(30)27-19(24(33)34)13-17-10-6-3-7-11-17)26-23(32)20(14-29)28-22(31)18(25)12-16-8-4-2-5-9-16/h2-11,15,18-20,29H,12-14,25H2,1H3,(H,26,32)(H,27,30)(H,28,31)(H,33,34). The largest absolute Gasteiger partial charge is 0.480 e. The molecule has 0 bridgehead atoms. The number of carbonyl (C=O) groups is 4. The van der Waals surface area contributed by atoms with E-state index in [4.69, 9.17) is 5.73 Å². The smallest absolute Gasteiger partial charge is 0.326 e. The normalized spacial score (nSPS) is 14.2. The van der Waals surface area contributed by atoms with Gasteiger partial charge in [-0.25, -0.2) is 4.79 Å². The average molecular weight is 471 g/mol. The lowest BCUT2D eigenvalue weighted by molar-refractivity contribution is -0.142. The Bertz CT molecular complexity index is 970. The highest BCUT2D eigenvalue weighted by atomic mass is 16.4. The Morgan fingerprint density at radius 3 is 1.76 bits per heavy atom. The van der Waals surface area contributed by atoms with Crippen LogP contribution in [0.5, 0.6) is 0 Å². The molecule has 0 aromatic heterocycles. The molecule has 0 aliphatic heterocycles. The van der Waals surface area contributed by atoms with Crippen LogP contribution in [-0.4, -0.2) is 64.7 Å². The Morgan fingerprint density at radius 2 is 1.26 bits per heavy atom. The highest BCUT2D eigenvalue weighted by Gasteiger charge is 2.28. The van der Waals surface area contributed by atoms with Gasteiger partial charge < -0.3 is 31.9 Å². The zero-order valence-electron chi connectivity index (χ0n) is 18.8. The van der Waals surface area contributed by atoms with Gasteiger partial charge in [0.15, 0.2) is 0 Å². The van der Waals surface area contributed by atoms with Crippen molar-refractivity contribution in [2.45, 2.75) is 43.9 Å². The second-order valence-corrected chi connectivity index (χ2v) is 7.86. The van der Waals surface area contributed by atoms with Crippen molar-refractivity contribution in [3.05, 3.63) is 71.8 Å². The molecule has 2 aromatic carbocycles. The number of benzene rings is 2. The summed E-state index contributed by atoms with van der Waals surface area (Å²) in [5, 5.41) is 26.1. The predicted molar refractivity (Wildman–Crippen MR) is 124 cm³/mol. The molecule has 2 aromatic rings. The molecule has 2 rings (SSSR count). The third kappa shape index (κ3) is 8.30. The van der Waals surface area contributed by atoms with Crippen molar-refractivity contribution in [1.29, 1.82) is 0 Å². The Kier molecular flexibility index (Phi) is 10.2. The number of carboxylic acids is 1. The predicted octanol–water partition coefficient (Wildman–Crippen LogP) is -0.650. The SMILES string of the molecule is CC(NC(=O)C(CO)NC(=O)C(N)Cc1ccccc1)C(=O)NC(Cc1ccccc1)C(=O)O. The fraction of sp³-hybridized carbons (Fsp3) is 0.333. The molecule has 4 atom stereocenters. The topological polar surface area (TPSA) is 171 Å². The molecule has 0 fully saturated rings. The van der Waals surface area contributed by atoms with E-state index < -0.39 is 54.5 Å². The number of nitrogens with two attached hydrogens (primary N) is 1. The van der Waals surface area contributed by atoms with Gasteiger partial charge in [-0.2, -0.15) is 0 Å². The number of aliphatic carboxylic acids is 1. The molecule has 34 heavy (non-hydrogen) atoms. The molecule has 0 aliphatic carbocycles. The first kappa shape index (κ1) is 26.5. The summed E-state index contributed by atoms with van der Waals surface area (Å²) in [7, 11) is 0. The molecule has 10 heteroatoms. The zero-order chi connectivity index (χ0) is 25.1. The van der Waals surface area contributed by atoms with Gasteiger partial charge in [0, 0.05) is 6.42 Å². The van der Waals surface area contributed by atoms with Gasteiger partial charge in [-0.15, -0.1) is 0 Å². The first-order valence-corrected chi connectivity index (χ1v) is 10.8. The number of carboxylic acid groups (broad SMARTS) is 1. The zero-order valence-corrected chi connectivity index (χ0v) is 18.8. The highest BCUT2D eigenvalue weighted by molar-refractivity contribution is 5.94. The van der Waals surface area contributed by atoms with Gasteiger partial charge in [0.25, 0.3) is 0 Å². The molecule has 0 saturated carbocycles. The van der Waals surface area contributed by atoms with E-state index in [1.807, 2.05) is 30.3 Å². The maximum Gasteiger partial charge on any atom is 0.326 e. The molecule has 0 saturated heterocycles. The lowest BCUT2D eigenvalue weighted by Gasteiger charge is -2.22. The third-order valence-corrected chi connectivity index (χ3v) is 5.10. The second-order valence-electron chi connectivity index (χ2n) is 7.86. The van der Waals surface area contributed by atoms with Crippen LogP contribution >= 0.6 is 0 Å². The summed E-state index contributed by atoms with van der Waals surface area (Å²) >= 11 is 0. The van der Waals surface area contributed by atoms with Crippen molar-refractivity contribution in [2.24, 2.45) is 5.73 Å². The van der Waals surface area contributed by atoms with Crippen molar-refractivity contribution in [1.82, 2.24) is 16.0 Å². The Balaban J connectivity index is 1.90. The highest BCUT2D eigenvalue weighted by Crippen LogP contribution is 2.05. The van der Waals surface area contributed by atoms with Crippen LogP contribution in [0.4, 0.5) is 0 Å². The van der Waals surface area contributed by atoms with Crippen LogP contribution in [0.1, 0.15) is 18.1 Å². The van der Waals surface area contributed by atoms with E-state index in [2.05, 4.69) is 16.0 Å². The van der Waals surface area contributed by atoms with Crippen LogP contribution < -0.4 is 21.7 Å². The number of aliphatic hydroxyl groups is 1. The first-order valence-electron chi connectivity index (χ1n) is 10.8. The number of rotatable bonds is 12. The van der Waals surface area contributed by atoms with E-state index in [0.717, 1.165) is 11.1 Å². The first-order chi connectivity index (χ1) is 16.2. The monoisotopic (exact) mass is 470 g/mol. The summed E-state index contributed by atoms with van der Waals surface area (Å²) in [5.74, 6) is -3.38. The molecular formula is C24H30N4O6. The van der Waals surface area contributed by atoms with Crippen LogP contribution in [0.2, 0.25) is 0 Å². The Morgan fingerprint density at radius 1 is 0.765 bits per heavy atom. The molecule has 182 valence electrons. The van der Waals surface area contributed by atoms with E-state index in [0.29, 0.717) is 0 Å². The minimum absolute atomic E-state index is 0.0667. The number of nitrogens with one attached hydrogen (secondary N) is 3. The number of hydrogen-bond donors (Lipinski definition) is 6. The number of aliphatic hydroxyl groups excluding tert-OH is 1. The molecule has 3 amide bonds. The molecule has 7 N–H and O–H groups in total. The minimum Gasteiger partial charge on any atom is -0.480 e. The van der Waals surface area contributed by atoms with Crippen molar-refractivity contribution in [3.8, 4) is 0 Å². The van der Waals surface area contributed by atoms with Crippen molar-refractivity contribution < 1.29 is 29.4 Å². The molecular weight excluding hydrogens is 440 g/mol. The summed E-state index contributed by atoms with van der Waals surface area (Å²) in [6, 6.07) is 13.3. The van der Waals surface area contributed by atoms with Gasteiger partial charge >= 0.3 is 5.97 Å². The lowest BCUT2D eigenvalue weighted by Crippen LogP contribution is -2.57. The van der Waals surface area contributed by atoms with Gasteiger partial charge in [-0.05, 0) is 24.5 Å². The number of carbonyl (C=O) groups excluding carboxylic acids is 3. The summed E-state index contributed by atoms with van der Waals surface area (Å²) in [6.07, 6.45) is 0.306. The van der Waals surface area contributed by atoms with E-state index in [1.54, 1.807) is 30.3 Å². The van der Waals surface area contributed by atoms with Gasteiger partial charge in [0.05, 0.1) is 12.6 Å². The van der Waals surface area contributed by atoms with Crippen molar-refractivity contribution in [2.75, 3.05) is 6.61 Å². The van der Waals surface area contributed by atoms with Crippen LogP contribution in [0.15, 0.2) is 60.7 Å². The summed E-state index contributed by atoms with van der Waals surface area (Å²) in [6.45, 7) is 0.655. The van der Waals surface area contributed by atoms with Crippen LogP contribution in [0, 0.1) is 0 Å². The van der Waals surface area contributed by atoms with Gasteiger partial charge in [0.2, 0.25) is 17.7 Å². The molecule has 0 spiro atoms. The lowest BCUT2D eigenvalue weighted by atomic mass is 10.1. The molecule has 0 heterocycles. The minimum atomic E-state index is -1.33. The Hall–Kier alpha value is -3.76. The van der Waals surface area contributed by atoms with Gasteiger partial charge in [-0.1, -0.05) is 60.7 Å². The maximum atomic E-state index is 12.5. The molecule has 10 nitrogen and oxygen atoms in total. The van der Waals surface area contributed by atoms with Crippen molar-refractivity contribution >= 4 is 23.7 Å². The van der Waals surface area contributed by atoms with E-state index in [-0.39, 0.29) is 12.8 Å². The van der Waals surface area contributed by atoms with Crippen LogP contribution in [0.3, 0.4) is 0 Å².